The topological polar surface area (TPSA) is 76.4 Å². The zero-order chi connectivity index (χ0) is 23.8. The normalized spacial score (nSPS) is 24.8. The highest BCUT2D eigenvalue weighted by atomic mass is 19.1. The van der Waals surface area contributed by atoms with E-state index in [-0.39, 0.29) is 11.2 Å². The lowest BCUT2D eigenvalue weighted by atomic mass is 9.73. The maximum Gasteiger partial charge on any atom is 0.310 e. The quantitative estimate of drug-likeness (QED) is 0.581. The van der Waals surface area contributed by atoms with Crippen molar-refractivity contribution in [3.8, 4) is 6.07 Å². The minimum Gasteiger partial charge on any atom is -0.481 e. The van der Waals surface area contributed by atoms with Gasteiger partial charge in [-0.25, -0.2) is 4.39 Å². The van der Waals surface area contributed by atoms with Gasteiger partial charge in [0.15, 0.2) is 0 Å². The molecule has 2 aromatic carbocycles. The van der Waals surface area contributed by atoms with Crippen molar-refractivity contribution in [3.05, 3.63) is 71.0 Å². The van der Waals surface area contributed by atoms with Crippen LogP contribution in [0.3, 0.4) is 0 Å². The van der Waals surface area contributed by atoms with Crippen LogP contribution in [0.15, 0.2) is 48.5 Å². The Morgan fingerprint density at radius 2 is 1.88 bits per heavy atom. The molecule has 34 heavy (non-hydrogen) atoms. The molecular formula is C28H32FN3O2. The molecule has 1 heterocycles. The van der Waals surface area contributed by atoms with E-state index in [0.29, 0.717) is 36.1 Å². The van der Waals surface area contributed by atoms with E-state index in [1.807, 2.05) is 12.1 Å². The SMILES string of the molecule is N#Cc1ccc(CC2(CN[C@@H]3CC3c3ccccc3)CCN(CC3(C(=O)O)CC3)CC2)c(F)c1. The Kier molecular flexibility index (Phi) is 6.18. The predicted molar refractivity (Wildman–Crippen MR) is 128 cm³/mol. The second-order valence-corrected chi connectivity index (χ2v) is 10.7. The van der Waals surface area contributed by atoms with E-state index in [2.05, 4.69) is 34.5 Å². The monoisotopic (exact) mass is 461 g/mol. The summed E-state index contributed by atoms with van der Waals surface area (Å²) in [7, 11) is 0. The summed E-state index contributed by atoms with van der Waals surface area (Å²) in [5.41, 5.74) is 1.73. The van der Waals surface area contributed by atoms with E-state index in [0.717, 1.165) is 51.7 Å². The van der Waals surface area contributed by atoms with Gasteiger partial charge in [-0.3, -0.25) is 4.79 Å². The van der Waals surface area contributed by atoms with E-state index in [1.165, 1.54) is 11.6 Å². The molecule has 1 aliphatic heterocycles. The molecule has 6 heteroatoms. The van der Waals surface area contributed by atoms with Crippen molar-refractivity contribution in [2.24, 2.45) is 10.8 Å². The van der Waals surface area contributed by atoms with Crippen LogP contribution in [0.1, 0.15) is 54.7 Å². The molecule has 178 valence electrons. The third kappa shape index (κ3) is 4.87. The number of piperidine rings is 1. The summed E-state index contributed by atoms with van der Waals surface area (Å²) < 4.78 is 14.8. The van der Waals surface area contributed by atoms with Gasteiger partial charge in [0.25, 0.3) is 0 Å². The average Bonchev–Trinajstić information content (AvgIpc) is 3.77. The van der Waals surface area contributed by atoms with Gasteiger partial charge in [0.05, 0.1) is 17.0 Å². The predicted octanol–water partition coefficient (Wildman–Crippen LogP) is 4.33. The molecule has 0 aromatic heterocycles. The van der Waals surface area contributed by atoms with Crippen molar-refractivity contribution in [2.75, 3.05) is 26.2 Å². The van der Waals surface area contributed by atoms with Crippen LogP contribution in [0.25, 0.3) is 0 Å². The Balaban J connectivity index is 1.27. The Bertz CT molecular complexity index is 1080. The molecule has 3 fully saturated rings. The summed E-state index contributed by atoms with van der Waals surface area (Å²) in [4.78, 5) is 13.9. The highest BCUT2D eigenvalue weighted by Crippen LogP contribution is 2.48. The first kappa shape index (κ1) is 23.0. The highest BCUT2D eigenvalue weighted by Gasteiger charge is 2.52. The number of hydrogen-bond donors (Lipinski definition) is 2. The van der Waals surface area contributed by atoms with E-state index >= 15 is 0 Å². The highest BCUT2D eigenvalue weighted by molar-refractivity contribution is 5.78. The fourth-order valence-corrected chi connectivity index (χ4v) is 5.62. The molecule has 0 bridgehead atoms. The summed E-state index contributed by atoms with van der Waals surface area (Å²) in [5.74, 6) is -0.445. The molecule has 3 aliphatic rings. The van der Waals surface area contributed by atoms with Crippen LogP contribution in [0.5, 0.6) is 0 Å². The molecule has 1 unspecified atom stereocenters. The number of carboxylic acid groups (broad SMARTS) is 1. The fourth-order valence-electron chi connectivity index (χ4n) is 5.62. The number of hydrogen-bond acceptors (Lipinski definition) is 4. The Hall–Kier alpha value is -2.75. The molecule has 0 radical (unpaired) electrons. The van der Waals surface area contributed by atoms with Gasteiger partial charge in [-0.2, -0.15) is 5.26 Å². The van der Waals surface area contributed by atoms with Crippen LogP contribution in [0.4, 0.5) is 4.39 Å². The van der Waals surface area contributed by atoms with Crippen LogP contribution in [0.2, 0.25) is 0 Å². The molecule has 1 saturated heterocycles. The van der Waals surface area contributed by atoms with E-state index in [1.54, 1.807) is 12.1 Å². The van der Waals surface area contributed by atoms with Gasteiger partial charge >= 0.3 is 5.97 Å². The third-order valence-corrected chi connectivity index (χ3v) is 8.26. The van der Waals surface area contributed by atoms with Gasteiger partial charge in [0.2, 0.25) is 0 Å². The van der Waals surface area contributed by atoms with Gasteiger partial charge in [-0.15, -0.1) is 0 Å². The molecule has 2 N–H and O–H groups in total. The smallest absolute Gasteiger partial charge is 0.310 e. The molecule has 2 atom stereocenters. The lowest BCUT2D eigenvalue weighted by Crippen LogP contribution is -2.48. The van der Waals surface area contributed by atoms with Crippen molar-refractivity contribution < 1.29 is 14.3 Å². The molecule has 5 nitrogen and oxygen atoms in total. The molecule has 0 amide bonds. The summed E-state index contributed by atoms with van der Waals surface area (Å²) in [5, 5.41) is 22.4. The summed E-state index contributed by atoms with van der Waals surface area (Å²) in [6.07, 6.45) is 5.08. The standard InChI is InChI=1S/C28H32FN3O2/c29-24-14-20(17-30)6-7-22(24)16-27(18-31-25-15-23(25)21-4-2-1-3-5-21)10-12-32(13-11-27)19-28(8-9-28)26(33)34/h1-7,14,23,25,31H,8-13,15-16,18-19H2,(H,33,34)/t23?,25-/m1/s1. The first-order valence-electron chi connectivity index (χ1n) is 12.3. The number of carboxylic acids is 1. The molecule has 5 rings (SSSR count). The number of carbonyl (C=O) groups is 1. The van der Waals surface area contributed by atoms with E-state index < -0.39 is 11.4 Å². The number of nitrogens with one attached hydrogen (secondary N) is 1. The Morgan fingerprint density at radius 3 is 2.50 bits per heavy atom. The second-order valence-electron chi connectivity index (χ2n) is 10.7. The number of halogens is 1. The lowest BCUT2D eigenvalue weighted by Gasteiger charge is -2.43. The van der Waals surface area contributed by atoms with Crippen LogP contribution >= 0.6 is 0 Å². The van der Waals surface area contributed by atoms with Crippen molar-refractivity contribution in [1.82, 2.24) is 10.2 Å². The second kappa shape index (κ2) is 9.13. The number of benzene rings is 2. The molecular weight excluding hydrogens is 429 g/mol. The zero-order valence-electron chi connectivity index (χ0n) is 19.5. The van der Waals surface area contributed by atoms with Crippen molar-refractivity contribution in [2.45, 2.75) is 50.5 Å². The number of nitriles is 1. The minimum absolute atomic E-state index is 0.0880. The van der Waals surface area contributed by atoms with Crippen LogP contribution in [0, 0.1) is 28.0 Å². The molecule has 2 saturated carbocycles. The van der Waals surface area contributed by atoms with Gasteiger partial charge in [0, 0.05) is 25.0 Å². The van der Waals surface area contributed by atoms with E-state index in [9.17, 15) is 14.3 Å². The van der Waals surface area contributed by atoms with Gasteiger partial charge in [-0.1, -0.05) is 36.4 Å². The first-order valence-corrected chi connectivity index (χ1v) is 12.3. The zero-order valence-corrected chi connectivity index (χ0v) is 19.5. The Labute approximate surface area is 200 Å². The Morgan fingerprint density at radius 1 is 1.15 bits per heavy atom. The number of nitrogens with zero attached hydrogens (tertiary/aromatic N) is 2. The number of rotatable bonds is 9. The molecule has 0 spiro atoms. The minimum atomic E-state index is -0.675. The number of aliphatic carboxylic acids is 1. The third-order valence-electron chi connectivity index (χ3n) is 8.26. The molecule has 2 aliphatic carbocycles. The average molecular weight is 462 g/mol. The van der Waals surface area contributed by atoms with Gasteiger partial charge < -0.3 is 15.3 Å². The first-order chi connectivity index (χ1) is 16.4. The van der Waals surface area contributed by atoms with Crippen molar-refractivity contribution in [1.29, 1.82) is 5.26 Å². The van der Waals surface area contributed by atoms with Crippen LogP contribution < -0.4 is 5.32 Å². The maximum atomic E-state index is 14.8. The number of likely N-dealkylation sites (tertiary alicyclic amines) is 1. The van der Waals surface area contributed by atoms with Gasteiger partial charge in [0.1, 0.15) is 5.82 Å². The maximum absolute atomic E-state index is 14.8. The summed E-state index contributed by atoms with van der Waals surface area (Å²) in [6, 6.07) is 17.8. The summed E-state index contributed by atoms with van der Waals surface area (Å²) in [6.45, 7) is 3.11. The van der Waals surface area contributed by atoms with Crippen LogP contribution in [-0.2, 0) is 11.2 Å². The summed E-state index contributed by atoms with van der Waals surface area (Å²) >= 11 is 0. The fraction of sp³-hybridized carbons (Fsp3) is 0.500. The lowest BCUT2D eigenvalue weighted by molar-refractivity contribution is -0.144. The molecule has 2 aromatic rings. The van der Waals surface area contributed by atoms with Crippen LogP contribution in [-0.4, -0.2) is 48.2 Å². The van der Waals surface area contributed by atoms with Crippen molar-refractivity contribution >= 4 is 5.97 Å². The van der Waals surface area contributed by atoms with Crippen molar-refractivity contribution in [3.63, 3.8) is 0 Å². The van der Waals surface area contributed by atoms with Gasteiger partial charge in [-0.05, 0) is 80.3 Å². The largest absolute Gasteiger partial charge is 0.481 e. The van der Waals surface area contributed by atoms with E-state index in [4.69, 9.17) is 5.26 Å².